The third-order valence-corrected chi connectivity index (χ3v) is 6.31. The molecule has 180 valence electrons. The first-order valence-corrected chi connectivity index (χ1v) is 12.0. The van der Waals surface area contributed by atoms with Crippen molar-refractivity contribution in [1.29, 1.82) is 0 Å². The van der Waals surface area contributed by atoms with Crippen molar-refractivity contribution in [2.45, 2.75) is 25.7 Å². The second-order valence-electron chi connectivity index (χ2n) is 9.06. The molecule has 0 aliphatic rings. The van der Waals surface area contributed by atoms with E-state index >= 15 is 0 Å². The summed E-state index contributed by atoms with van der Waals surface area (Å²) in [5.41, 5.74) is 5.88. The number of carbonyl (C=O) groups is 1. The van der Waals surface area contributed by atoms with Gasteiger partial charge >= 0.3 is 0 Å². The predicted octanol–water partition coefficient (Wildman–Crippen LogP) is 7.40. The summed E-state index contributed by atoms with van der Waals surface area (Å²) in [6, 6.07) is 31.2. The fourth-order valence-electron chi connectivity index (χ4n) is 4.36. The zero-order valence-corrected chi connectivity index (χ0v) is 20.6. The van der Waals surface area contributed by atoms with Gasteiger partial charge in [-0.1, -0.05) is 80.6 Å². The van der Waals surface area contributed by atoms with Crippen LogP contribution >= 0.6 is 0 Å². The molecule has 0 aliphatic heterocycles. The first kappa shape index (κ1) is 23.4. The number of aromatic nitrogens is 1. The van der Waals surface area contributed by atoms with E-state index in [9.17, 15) is 4.79 Å². The molecule has 1 amide bonds. The van der Waals surface area contributed by atoms with Crippen LogP contribution in [0.25, 0.3) is 22.6 Å². The molecule has 0 radical (unpaired) electrons. The Kier molecular flexibility index (Phi) is 6.54. The SMILES string of the molecule is COc1ccc(-c2nc3cc(C(C)C)ccc3o2)cc1NC(=O)C(c1ccccc1)c1ccccc1. The highest BCUT2D eigenvalue weighted by molar-refractivity contribution is 5.99. The molecule has 1 heterocycles. The standard InChI is InChI=1S/C31H28N2O3/c1-20(2)23-14-17-28-26(18-23)33-31(36-28)24-15-16-27(35-3)25(19-24)32-30(34)29(21-10-6-4-7-11-21)22-12-8-5-9-13-22/h4-20,29H,1-3H3,(H,32,34). The van der Waals surface area contributed by atoms with E-state index < -0.39 is 5.92 Å². The molecule has 1 N–H and O–H groups in total. The molecule has 5 aromatic rings. The number of carbonyl (C=O) groups excluding carboxylic acids is 1. The van der Waals surface area contributed by atoms with Crippen molar-refractivity contribution in [2.75, 3.05) is 12.4 Å². The fraction of sp³-hybridized carbons (Fsp3) is 0.161. The number of nitrogens with one attached hydrogen (secondary N) is 1. The number of methoxy groups -OCH3 is 1. The Morgan fingerprint density at radius 2 is 1.50 bits per heavy atom. The predicted molar refractivity (Wildman–Crippen MR) is 143 cm³/mol. The summed E-state index contributed by atoms with van der Waals surface area (Å²) < 4.78 is 11.6. The molecular formula is C31H28N2O3. The van der Waals surface area contributed by atoms with Gasteiger partial charge in [0.25, 0.3) is 0 Å². The van der Waals surface area contributed by atoms with E-state index in [2.05, 4.69) is 31.3 Å². The van der Waals surface area contributed by atoms with Crippen LogP contribution in [-0.2, 0) is 4.79 Å². The normalized spacial score (nSPS) is 11.2. The average Bonchev–Trinajstić information content (AvgIpc) is 3.33. The van der Waals surface area contributed by atoms with Gasteiger partial charge in [0.05, 0.1) is 18.7 Å². The van der Waals surface area contributed by atoms with Crippen LogP contribution in [0.1, 0.15) is 42.4 Å². The van der Waals surface area contributed by atoms with Gasteiger partial charge in [-0.2, -0.15) is 0 Å². The number of hydrogen-bond acceptors (Lipinski definition) is 4. The third kappa shape index (κ3) is 4.73. The van der Waals surface area contributed by atoms with Gasteiger partial charge in [0, 0.05) is 5.56 Å². The van der Waals surface area contributed by atoms with E-state index in [0.717, 1.165) is 27.8 Å². The first-order valence-electron chi connectivity index (χ1n) is 12.0. The number of hydrogen-bond donors (Lipinski definition) is 1. The summed E-state index contributed by atoms with van der Waals surface area (Å²) in [6.07, 6.45) is 0. The van der Waals surface area contributed by atoms with Gasteiger partial charge in [0.15, 0.2) is 5.58 Å². The van der Waals surface area contributed by atoms with Gasteiger partial charge in [0.1, 0.15) is 11.3 Å². The number of ether oxygens (including phenoxy) is 1. The Labute approximate surface area is 210 Å². The van der Waals surface area contributed by atoms with Gasteiger partial charge in [0.2, 0.25) is 11.8 Å². The molecule has 36 heavy (non-hydrogen) atoms. The van der Waals surface area contributed by atoms with Crippen molar-refractivity contribution in [3.63, 3.8) is 0 Å². The molecule has 0 unspecified atom stereocenters. The van der Waals surface area contributed by atoms with Gasteiger partial charge in [-0.05, 0) is 52.9 Å². The van der Waals surface area contributed by atoms with Crippen LogP contribution < -0.4 is 10.1 Å². The molecule has 5 rings (SSSR count). The minimum Gasteiger partial charge on any atom is -0.495 e. The second kappa shape index (κ2) is 10.1. The molecule has 0 aliphatic carbocycles. The zero-order valence-electron chi connectivity index (χ0n) is 20.6. The van der Waals surface area contributed by atoms with Gasteiger partial charge in [-0.15, -0.1) is 0 Å². The van der Waals surface area contributed by atoms with Crippen molar-refractivity contribution < 1.29 is 13.9 Å². The van der Waals surface area contributed by atoms with Crippen LogP contribution in [0.15, 0.2) is 101 Å². The lowest BCUT2D eigenvalue weighted by Crippen LogP contribution is -2.22. The number of rotatable bonds is 7. The number of fused-ring (bicyclic) bond motifs is 1. The summed E-state index contributed by atoms with van der Waals surface area (Å²) in [5.74, 6) is 0.831. The molecule has 0 saturated heterocycles. The Morgan fingerprint density at radius 3 is 2.11 bits per heavy atom. The molecule has 0 atom stereocenters. The molecule has 5 nitrogen and oxygen atoms in total. The van der Waals surface area contributed by atoms with Crippen molar-refractivity contribution in [3.05, 3.63) is 114 Å². The molecule has 4 aromatic carbocycles. The third-order valence-electron chi connectivity index (χ3n) is 6.31. The topological polar surface area (TPSA) is 64.4 Å². The van der Waals surface area contributed by atoms with Crippen LogP contribution in [0.4, 0.5) is 5.69 Å². The average molecular weight is 477 g/mol. The quantitative estimate of drug-likeness (QED) is 0.266. The van der Waals surface area contributed by atoms with Crippen molar-refractivity contribution in [1.82, 2.24) is 4.98 Å². The lowest BCUT2D eigenvalue weighted by molar-refractivity contribution is -0.116. The second-order valence-corrected chi connectivity index (χ2v) is 9.06. The monoisotopic (exact) mass is 476 g/mol. The van der Waals surface area contributed by atoms with Crippen LogP contribution in [0.5, 0.6) is 5.75 Å². The van der Waals surface area contributed by atoms with Crippen LogP contribution in [0, 0.1) is 0 Å². The van der Waals surface area contributed by atoms with E-state index in [0.29, 0.717) is 23.2 Å². The van der Waals surface area contributed by atoms with Gasteiger partial charge in [-0.3, -0.25) is 4.79 Å². The Bertz CT molecular complexity index is 1450. The number of benzene rings is 4. The van der Waals surface area contributed by atoms with Gasteiger partial charge < -0.3 is 14.5 Å². The Morgan fingerprint density at radius 1 is 0.833 bits per heavy atom. The summed E-state index contributed by atoms with van der Waals surface area (Å²) in [7, 11) is 1.59. The summed E-state index contributed by atoms with van der Waals surface area (Å²) >= 11 is 0. The maximum absolute atomic E-state index is 13.7. The maximum Gasteiger partial charge on any atom is 0.236 e. The number of anilines is 1. The molecule has 0 saturated carbocycles. The number of nitrogens with zero attached hydrogens (tertiary/aromatic N) is 1. The summed E-state index contributed by atoms with van der Waals surface area (Å²) in [5, 5.41) is 3.09. The van der Waals surface area contributed by atoms with E-state index in [1.54, 1.807) is 7.11 Å². The minimum atomic E-state index is -0.473. The van der Waals surface area contributed by atoms with E-state index in [-0.39, 0.29) is 5.91 Å². The highest BCUT2D eigenvalue weighted by Gasteiger charge is 2.24. The highest BCUT2D eigenvalue weighted by atomic mass is 16.5. The highest BCUT2D eigenvalue weighted by Crippen LogP contribution is 2.34. The van der Waals surface area contributed by atoms with Crippen molar-refractivity contribution >= 4 is 22.7 Å². The smallest absolute Gasteiger partial charge is 0.236 e. The van der Waals surface area contributed by atoms with E-state index in [1.807, 2.05) is 84.9 Å². The van der Waals surface area contributed by atoms with Crippen LogP contribution in [0.2, 0.25) is 0 Å². The molecule has 0 spiro atoms. The first-order chi connectivity index (χ1) is 17.5. The zero-order chi connectivity index (χ0) is 25.1. The van der Waals surface area contributed by atoms with Crippen molar-refractivity contribution in [3.8, 4) is 17.2 Å². The molecular weight excluding hydrogens is 448 g/mol. The molecule has 5 heteroatoms. The van der Waals surface area contributed by atoms with E-state index in [1.165, 1.54) is 5.56 Å². The van der Waals surface area contributed by atoms with Crippen molar-refractivity contribution in [2.24, 2.45) is 0 Å². The number of amides is 1. The van der Waals surface area contributed by atoms with Gasteiger partial charge in [-0.25, -0.2) is 4.98 Å². The van der Waals surface area contributed by atoms with Crippen LogP contribution in [0.3, 0.4) is 0 Å². The minimum absolute atomic E-state index is 0.151. The molecule has 1 aromatic heterocycles. The largest absolute Gasteiger partial charge is 0.495 e. The summed E-state index contributed by atoms with van der Waals surface area (Å²) in [4.78, 5) is 18.4. The Hall–Kier alpha value is -4.38. The lowest BCUT2D eigenvalue weighted by Gasteiger charge is -2.19. The molecule has 0 bridgehead atoms. The lowest BCUT2D eigenvalue weighted by atomic mass is 9.90. The molecule has 0 fully saturated rings. The summed E-state index contributed by atoms with van der Waals surface area (Å²) in [6.45, 7) is 4.30. The van der Waals surface area contributed by atoms with E-state index in [4.69, 9.17) is 14.1 Å². The van der Waals surface area contributed by atoms with Crippen LogP contribution in [-0.4, -0.2) is 18.0 Å². The Balaban J connectivity index is 1.50. The number of oxazole rings is 1. The fourth-order valence-corrected chi connectivity index (χ4v) is 4.36. The maximum atomic E-state index is 13.7.